The van der Waals surface area contributed by atoms with Gasteiger partial charge in [0.2, 0.25) is 6.08 Å². The van der Waals surface area contributed by atoms with Crippen molar-refractivity contribution in [3.63, 3.8) is 0 Å². The normalized spacial score (nSPS) is 11.5. The maximum Gasteiger partial charge on any atom is 0.236 e. The molecule has 0 aliphatic heterocycles. The Morgan fingerprint density at radius 2 is 2.18 bits per heavy atom. The highest BCUT2D eigenvalue weighted by atomic mass is 16.1. The van der Waals surface area contributed by atoms with E-state index in [9.17, 15) is 4.79 Å². The van der Waals surface area contributed by atoms with Crippen LogP contribution in [0.5, 0.6) is 0 Å². The van der Waals surface area contributed by atoms with Crippen molar-refractivity contribution in [3.8, 4) is 6.07 Å². The Morgan fingerprint density at radius 3 is 2.88 bits per heavy atom. The van der Waals surface area contributed by atoms with E-state index in [-0.39, 0.29) is 0 Å². The fourth-order valence-corrected chi connectivity index (χ4v) is 1.65. The first-order chi connectivity index (χ1) is 8.24. The third kappa shape index (κ3) is 2.20. The topological polar surface area (TPSA) is 66.1 Å². The van der Waals surface area contributed by atoms with Crippen molar-refractivity contribution in [1.82, 2.24) is 4.98 Å². The van der Waals surface area contributed by atoms with Gasteiger partial charge in [-0.05, 0) is 30.7 Å². The second-order valence-corrected chi connectivity index (χ2v) is 3.66. The SMILES string of the molecule is Cc1ccc2cc(C(C#N)N=C=O)ccc2n1. The Labute approximate surface area is 98.2 Å². The fourth-order valence-electron chi connectivity index (χ4n) is 1.65. The standard InChI is InChI=1S/C13H9N3O/c1-9-2-3-10-6-11(4-5-12(10)16-9)13(7-14)15-8-17/h2-6,13H,1H3. The molecule has 0 radical (unpaired) electrons. The average molecular weight is 223 g/mol. The summed E-state index contributed by atoms with van der Waals surface area (Å²) in [6, 6.07) is 10.4. The highest BCUT2D eigenvalue weighted by molar-refractivity contribution is 5.79. The van der Waals surface area contributed by atoms with Crippen LogP contribution in [-0.2, 0) is 4.79 Å². The lowest BCUT2D eigenvalue weighted by Gasteiger charge is -2.04. The Balaban J connectivity index is 2.55. The van der Waals surface area contributed by atoms with Gasteiger partial charge in [0, 0.05) is 11.1 Å². The molecule has 4 nitrogen and oxygen atoms in total. The van der Waals surface area contributed by atoms with Crippen LogP contribution < -0.4 is 0 Å². The van der Waals surface area contributed by atoms with Crippen molar-refractivity contribution in [2.24, 2.45) is 4.99 Å². The molecule has 1 aromatic heterocycles. The number of aromatic nitrogens is 1. The van der Waals surface area contributed by atoms with Gasteiger partial charge in [-0.1, -0.05) is 12.1 Å². The summed E-state index contributed by atoms with van der Waals surface area (Å²) in [7, 11) is 0. The van der Waals surface area contributed by atoms with Crippen LogP contribution in [0.1, 0.15) is 17.3 Å². The monoisotopic (exact) mass is 223 g/mol. The van der Waals surface area contributed by atoms with Gasteiger partial charge in [-0.15, -0.1) is 0 Å². The van der Waals surface area contributed by atoms with E-state index in [1.807, 2.05) is 37.3 Å². The molecule has 0 saturated carbocycles. The van der Waals surface area contributed by atoms with Gasteiger partial charge < -0.3 is 0 Å². The number of aliphatic imine (C=N–C) groups is 1. The lowest BCUT2D eigenvalue weighted by atomic mass is 10.1. The number of pyridine rings is 1. The molecule has 4 heteroatoms. The fraction of sp³-hybridized carbons (Fsp3) is 0.154. The molecule has 2 rings (SSSR count). The molecule has 0 saturated heterocycles. The van der Waals surface area contributed by atoms with Crippen LogP contribution in [0.4, 0.5) is 0 Å². The van der Waals surface area contributed by atoms with Crippen molar-refractivity contribution in [3.05, 3.63) is 41.6 Å². The molecule has 82 valence electrons. The number of fused-ring (bicyclic) bond motifs is 1. The van der Waals surface area contributed by atoms with E-state index in [1.54, 1.807) is 6.07 Å². The molecule has 0 fully saturated rings. The summed E-state index contributed by atoms with van der Waals surface area (Å²) in [5.74, 6) is 0. The molecular formula is C13H9N3O. The molecule has 0 N–H and O–H groups in total. The van der Waals surface area contributed by atoms with Gasteiger partial charge in [-0.25, -0.2) is 4.79 Å². The largest absolute Gasteiger partial charge is 0.253 e. The van der Waals surface area contributed by atoms with E-state index in [0.29, 0.717) is 5.56 Å². The number of benzene rings is 1. The highest BCUT2D eigenvalue weighted by Gasteiger charge is 2.09. The van der Waals surface area contributed by atoms with E-state index < -0.39 is 6.04 Å². The predicted octanol–water partition coefficient (Wildman–Crippen LogP) is 2.44. The number of carbonyl (C=O) groups excluding carboxylic acids is 1. The Morgan fingerprint density at radius 1 is 1.35 bits per heavy atom. The van der Waals surface area contributed by atoms with E-state index in [1.165, 1.54) is 6.08 Å². The molecule has 0 aliphatic carbocycles. The number of hydrogen-bond donors (Lipinski definition) is 0. The molecular weight excluding hydrogens is 214 g/mol. The Kier molecular flexibility index (Phi) is 2.95. The summed E-state index contributed by atoms with van der Waals surface area (Å²) in [5, 5.41) is 9.81. The van der Waals surface area contributed by atoms with E-state index >= 15 is 0 Å². The lowest BCUT2D eigenvalue weighted by molar-refractivity contribution is 0.561. The minimum absolute atomic E-state index is 0.675. The Bertz CT molecular complexity index is 651. The van der Waals surface area contributed by atoms with E-state index in [0.717, 1.165) is 16.6 Å². The maximum atomic E-state index is 10.2. The molecule has 1 unspecified atom stereocenters. The number of hydrogen-bond acceptors (Lipinski definition) is 4. The number of rotatable bonds is 2. The molecule has 17 heavy (non-hydrogen) atoms. The van der Waals surface area contributed by atoms with E-state index in [4.69, 9.17) is 5.26 Å². The summed E-state index contributed by atoms with van der Waals surface area (Å²) >= 11 is 0. The molecule has 1 aromatic carbocycles. The van der Waals surface area contributed by atoms with Crippen molar-refractivity contribution < 1.29 is 4.79 Å². The predicted molar refractivity (Wildman–Crippen MR) is 63.0 cm³/mol. The minimum atomic E-state index is -0.793. The zero-order chi connectivity index (χ0) is 12.3. The van der Waals surface area contributed by atoms with Crippen LogP contribution in [-0.4, -0.2) is 11.1 Å². The summed E-state index contributed by atoms with van der Waals surface area (Å²) in [5.41, 5.74) is 2.47. The van der Waals surface area contributed by atoms with Crippen molar-refractivity contribution in [2.45, 2.75) is 13.0 Å². The third-order valence-electron chi connectivity index (χ3n) is 2.47. The molecule has 0 spiro atoms. The molecule has 1 heterocycles. The first-order valence-corrected chi connectivity index (χ1v) is 5.08. The molecule has 0 aliphatic rings. The average Bonchev–Trinajstić information content (AvgIpc) is 2.35. The van der Waals surface area contributed by atoms with Crippen molar-refractivity contribution >= 4 is 17.0 Å². The summed E-state index contributed by atoms with van der Waals surface area (Å²) in [4.78, 5) is 18.0. The van der Waals surface area contributed by atoms with Gasteiger partial charge >= 0.3 is 0 Å². The molecule has 2 aromatic rings. The van der Waals surface area contributed by atoms with E-state index in [2.05, 4.69) is 9.98 Å². The number of aryl methyl sites for hydroxylation is 1. The number of nitrogens with zero attached hydrogens (tertiary/aromatic N) is 3. The lowest BCUT2D eigenvalue weighted by Crippen LogP contribution is -1.92. The molecule has 0 bridgehead atoms. The second-order valence-electron chi connectivity index (χ2n) is 3.66. The Hall–Kier alpha value is -2.50. The zero-order valence-electron chi connectivity index (χ0n) is 9.21. The zero-order valence-corrected chi connectivity index (χ0v) is 9.21. The van der Waals surface area contributed by atoms with Gasteiger partial charge in [0.25, 0.3) is 0 Å². The van der Waals surface area contributed by atoms with Gasteiger partial charge in [0.05, 0.1) is 11.6 Å². The van der Waals surface area contributed by atoms with Gasteiger partial charge in [-0.3, -0.25) is 4.98 Å². The van der Waals surface area contributed by atoms with Crippen LogP contribution in [0, 0.1) is 18.3 Å². The third-order valence-corrected chi connectivity index (χ3v) is 2.47. The highest BCUT2D eigenvalue weighted by Crippen LogP contribution is 2.21. The number of nitriles is 1. The van der Waals surface area contributed by atoms with Crippen LogP contribution >= 0.6 is 0 Å². The van der Waals surface area contributed by atoms with Gasteiger partial charge in [0.1, 0.15) is 0 Å². The molecule has 1 atom stereocenters. The van der Waals surface area contributed by atoms with Crippen LogP contribution in [0.25, 0.3) is 10.9 Å². The van der Waals surface area contributed by atoms with Gasteiger partial charge in [0.15, 0.2) is 6.04 Å². The van der Waals surface area contributed by atoms with Crippen LogP contribution in [0.3, 0.4) is 0 Å². The van der Waals surface area contributed by atoms with Gasteiger partial charge in [-0.2, -0.15) is 10.3 Å². The summed E-state index contributed by atoms with van der Waals surface area (Å²) in [6.45, 7) is 1.92. The summed E-state index contributed by atoms with van der Waals surface area (Å²) in [6.07, 6.45) is 1.41. The first kappa shape index (κ1) is 11.0. The second kappa shape index (κ2) is 4.56. The first-order valence-electron chi connectivity index (χ1n) is 5.08. The quantitative estimate of drug-likeness (QED) is 0.580. The van der Waals surface area contributed by atoms with Crippen LogP contribution in [0.15, 0.2) is 35.3 Å². The van der Waals surface area contributed by atoms with Crippen LogP contribution in [0.2, 0.25) is 0 Å². The van der Waals surface area contributed by atoms with Crippen molar-refractivity contribution in [1.29, 1.82) is 5.26 Å². The smallest absolute Gasteiger partial charge is 0.236 e. The minimum Gasteiger partial charge on any atom is -0.253 e. The molecule has 0 amide bonds. The number of isocyanates is 1. The maximum absolute atomic E-state index is 10.2. The van der Waals surface area contributed by atoms with Crippen molar-refractivity contribution in [2.75, 3.05) is 0 Å². The summed E-state index contributed by atoms with van der Waals surface area (Å²) < 4.78 is 0.